The van der Waals surface area contributed by atoms with Crippen LogP contribution >= 0.6 is 24.2 Å². The first-order valence-electron chi connectivity index (χ1n) is 15.9. The Kier molecular flexibility index (Phi) is 13.7. The molecular formula is C38H43ClN2O8S. The minimum Gasteiger partial charge on any atom is -0.507 e. The SMILES string of the molecule is CCN(CC)C(C)CN1c2ccccc2Sc2ccccc21.COc1cc(C)c(C(=O)Oc2cc(C)c(O)c(C(=O)O)c2C)c(O)c1C=O.Cl. The summed E-state index contributed by atoms with van der Waals surface area (Å²) in [5, 5.41) is 29.5. The van der Waals surface area contributed by atoms with Crippen LogP contribution in [0.1, 0.15) is 68.5 Å². The molecule has 50 heavy (non-hydrogen) atoms. The molecule has 0 bridgehead atoms. The number of carboxylic acids is 1. The molecule has 0 saturated carbocycles. The number of para-hydroxylation sites is 2. The van der Waals surface area contributed by atoms with Gasteiger partial charge in [-0.1, -0.05) is 49.9 Å². The number of halogens is 1. The van der Waals surface area contributed by atoms with E-state index in [9.17, 15) is 29.7 Å². The van der Waals surface area contributed by atoms with Crippen molar-refractivity contribution in [1.29, 1.82) is 0 Å². The average molecular weight is 723 g/mol. The van der Waals surface area contributed by atoms with Crippen molar-refractivity contribution in [2.45, 2.75) is 57.4 Å². The Balaban J connectivity index is 0.000000270. The third-order valence-electron chi connectivity index (χ3n) is 8.57. The van der Waals surface area contributed by atoms with E-state index in [0.29, 0.717) is 17.9 Å². The number of carbonyl (C=O) groups is 3. The lowest BCUT2D eigenvalue weighted by molar-refractivity contribution is 0.0681. The highest BCUT2D eigenvalue weighted by atomic mass is 35.5. The number of carbonyl (C=O) groups excluding carboxylic acids is 2. The first-order chi connectivity index (χ1) is 23.4. The van der Waals surface area contributed by atoms with E-state index in [4.69, 9.17) is 9.47 Å². The minimum absolute atomic E-state index is 0. The number of hydrogen-bond donors (Lipinski definition) is 3. The van der Waals surface area contributed by atoms with Crippen molar-refractivity contribution in [1.82, 2.24) is 4.90 Å². The highest BCUT2D eigenvalue weighted by Crippen LogP contribution is 2.48. The number of esters is 1. The molecule has 0 aromatic heterocycles. The number of fused-ring (bicyclic) bond motifs is 2. The van der Waals surface area contributed by atoms with E-state index in [1.165, 1.54) is 61.2 Å². The molecule has 10 nitrogen and oxygen atoms in total. The molecule has 0 fully saturated rings. The second-order valence-electron chi connectivity index (χ2n) is 11.6. The molecule has 266 valence electrons. The van der Waals surface area contributed by atoms with Crippen molar-refractivity contribution >= 4 is 53.8 Å². The first kappa shape index (κ1) is 39.7. The Morgan fingerprint density at radius 1 is 0.880 bits per heavy atom. The van der Waals surface area contributed by atoms with Crippen LogP contribution < -0.4 is 14.4 Å². The summed E-state index contributed by atoms with van der Waals surface area (Å²) in [5.41, 5.74) is 2.37. The van der Waals surface area contributed by atoms with Crippen LogP contribution in [0, 0.1) is 20.8 Å². The number of rotatable bonds is 10. The molecule has 1 aliphatic heterocycles. The van der Waals surface area contributed by atoms with Gasteiger partial charge in [-0.2, -0.15) is 0 Å². The van der Waals surface area contributed by atoms with Gasteiger partial charge in [-0.05, 0) is 88.3 Å². The molecule has 0 radical (unpaired) electrons. The molecular weight excluding hydrogens is 680 g/mol. The third-order valence-corrected chi connectivity index (χ3v) is 9.71. The second-order valence-corrected chi connectivity index (χ2v) is 12.7. The molecule has 0 saturated heterocycles. The molecule has 1 atom stereocenters. The number of anilines is 2. The highest BCUT2D eigenvalue weighted by molar-refractivity contribution is 7.99. The van der Waals surface area contributed by atoms with E-state index in [2.05, 4.69) is 79.1 Å². The molecule has 3 N–H and O–H groups in total. The number of ether oxygens (including phenoxy) is 2. The predicted octanol–water partition coefficient (Wildman–Crippen LogP) is 8.20. The summed E-state index contributed by atoms with van der Waals surface area (Å²) < 4.78 is 10.3. The van der Waals surface area contributed by atoms with Crippen molar-refractivity contribution < 1.29 is 39.2 Å². The predicted molar refractivity (Wildman–Crippen MR) is 198 cm³/mol. The van der Waals surface area contributed by atoms with E-state index in [1.807, 2.05) is 11.8 Å². The number of benzene rings is 4. The van der Waals surface area contributed by atoms with Gasteiger partial charge in [0.15, 0.2) is 6.29 Å². The summed E-state index contributed by atoms with van der Waals surface area (Å²) in [5.74, 6) is -3.38. The van der Waals surface area contributed by atoms with E-state index < -0.39 is 23.4 Å². The summed E-state index contributed by atoms with van der Waals surface area (Å²) in [7, 11) is 1.31. The molecule has 1 heterocycles. The second kappa shape index (κ2) is 17.3. The number of phenols is 2. The van der Waals surface area contributed by atoms with Gasteiger partial charge in [-0.25, -0.2) is 9.59 Å². The van der Waals surface area contributed by atoms with E-state index in [1.54, 1.807) is 0 Å². The number of hydrogen-bond acceptors (Lipinski definition) is 10. The topological polar surface area (TPSA) is 137 Å². The van der Waals surface area contributed by atoms with Gasteiger partial charge in [0.1, 0.15) is 34.1 Å². The number of aromatic hydroxyl groups is 2. The van der Waals surface area contributed by atoms with Crippen LogP contribution in [0.3, 0.4) is 0 Å². The number of aryl methyl sites for hydroxylation is 2. The number of aromatic carboxylic acids is 1. The zero-order valence-electron chi connectivity index (χ0n) is 29.1. The van der Waals surface area contributed by atoms with Gasteiger partial charge >= 0.3 is 11.9 Å². The van der Waals surface area contributed by atoms with Crippen LogP contribution in [0.25, 0.3) is 0 Å². The molecule has 5 rings (SSSR count). The van der Waals surface area contributed by atoms with Gasteiger partial charge in [0.2, 0.25) is 0 Å². The van der Waals surface area contributed by atoms with Gasteiger partial charge in [0.05, 0.1) is 24.0 Å². The van der Waals surface area contributed by atoms with Crippen LogP contribution in [0.4, 0.5) is 11.4 Å². The Morgan fingerprint density at radius 2 is 1.42 bits per heavy atom. The molecule has 0 amide bonds. The number of phenolic OH excluding ortho intramolecular Hbond substituents is 1. The standard InChI is InChI=1S/C19H24N2S.C19H18O8.ClH/c1-4-20(5-2)15(3)14-21-16-10-6-8-12-18(16)22-19-13-9-7-11-17(19)21;1-8-5-13(26-4)11(7-20)17(22)14(8)19(25)27-12-6-9(2)16(21)15(10(12)3)18(23)24;/h6-13,15H,4-5,14H2,1-3H3;5-7,21-22H,1-4H3,(H,23,24);1H. The van der Waals surface area contributed by atoms with Crippen LogP contribution in [0.2, 0.25) is 0 Å². The molecule has 4 aromatic rings. The molecule has 4 aromatic carbocycles. The summed E-state index contributed by atoms with van der Waals surface area (Å²) in [6, 6.07) is 20.7. The summed E-state index contributed by atoms with van der Waals surface area (Å²) in [6.07, 6.45) is 0.350. The number of methoxy groups -OCH3 is 1. The molecule has 1 aliphatic rings. The fourth-order valence-electron chi connectivity index (χ4n) is 5.92. The van der Waals surface area contributed by atoms with Crippen molar-refractivity contribution in [2.24, 2.45) is 0 Å². The van der Waals surface area contributed by atoms with Gasteiger partial charge in [-0.3, -0.25) is 9.69 Å². The van der Waals surface area contributed by atoms with Gasteiger partial charge < -0.3 is 29.7 Å². The van der Waals surface area contributed by atoms with E-state index in [-0.39, 0.29) is 51.7 Å². The number of likely N-dealkylation sites (N-methyl/N-ethyl adjacent to an activating group) is 1. The smallest absolute Gasteiger partial charge is 0.347 e. The fourth-order valence-corrected chi connectivity index (χ4v) is 7.02. The van der Waals surface area contributed by atoms with Crippen LogP contribution in [0.15, 0.2) is 70.5 Å². The Hall–Kier alpha value is -4.71. The average Bonchev–Trinajstić information content (AvgIpc) is 3.07. The normalized spacial score (nSPS) is 12.0. The van der Waals surface area contributed by atoms with Gasteiger partial charge in [0.25, 0.3) is 0 Å². The first-order valence-corrected chi connectivity index (χ1v) is 16.7. The van der Waals surface area contributed by atoms with Crippen molar-refractivity contribution in [3.63, 3.8) is 0 Å². The maximum atomic E-state index is 12.6. The van der Waals surface area contributed by atoms with E-state index in [0.717, 1.165) is 19.6 Å². The quantitative estimate of drug-likeness (QED) is 0.0830. The number of nitrogens with zero attached hydrogens (tertiary/aromatic N) is 2. The lowest BCUT2D eigenvalue weighted by Crippen LogP contribution is -2.41. The summed E-state index contributed by atoms with van der Waals surface area (Å²) in [4.78, 5) is 42.9. The zero-order valence-corrected chi connectivity index (χ0v) is 30.8. The molecule has 0 spiro atoms. The van der Waals surface area contributed by atoms with Gasteiger partial charge in [0, 0.05) is 27.9 Å². The Bertz CT molecular complexity index is 1830. The highest BCUT2D eigenvalue weighted by Gasteiger charge is 2.27. The third kappa shape index (κ3) is 8.18. The lowest BCUT2D eigenvalue weighted by Gasteiger charge is -2.37. The largest absolute Gasteiger partial charge is 0.507 e. The molecule has 12 heteroatoms. The Labute approximate surface area is 303 Å². The van der Waals surface area contributed by atoms with Crippen LogP contribution in [-0.2, 0) is 0 Å². The lowest BCUT2D eigenvalue weighted by atomic mass is 10.0. The maximum Gasteiger partial charge on any atom is 0.347 e. The molecule has 1 unspecified atom stereocenters. The minimum atomic E-state index is -1.38. The number of aldehydes is 1. The zero-order chi connectivity index (χ0) is 36.0. The maximum absolute atomic E-state index is 12.6. The summed E-state index contributed by atoms with van der Waals surface area (Å²) in [6.45, 7) is 14.4. The Morgan fingerprint density at radius 3 is 1.92 bits per heavy atom. The van der Waals surface area contributed by atoms with Crippen molar-refractivity contribution in [3.8, 4) is 23.0 Å². The monoisotopic (exact) mass is 722 g/mol. The van der Waals surface area contributed by atoms with E-state index >= 15 is 0 Å². The fraction of sp³-hybridized carbons (Fsp3) is 0.289. The van der Waals surface area contributed by atoms with Gasteiger partial charge in [-0.15, -0.1) is 12.4 Å². The van der Waals surface area contributed by atoms with Crippen molar-refractivity contribution in [2.75, 3.05) is 31.6 Å². The summed E-state index contributed by atoms with van der Waals surface area (Å²) >= 11 is 1.88. The molecule has 0 aliphatic carbocycles. The number of carboxylic acid groups (broad SMARTS) is 1. The van der Waals surface area contributed by atoms with Crippen LogP contribution in [0.5, 0.6) is 23.0 Å². The van der Waals surface area contributed by atoms with Crippen LogP contribution in [-0.4, -0.2) is 71.2 Å². The van der Waals surface area contributed by atoms with Crippen molar-refractivity contribution in [3.05, 3.63) is 94.0 Å².